The summed E-state index contributed by atoms with van der Waals surface area (Å²) in [5, 5.41) is 13.9. The van der Waals surface area contributed by atoms with Crippen LogP contribution in [-0.4, -0.2) is 23.2 Å². The van der Waals surface area contributed by atoms with Gasteiger partial charge in [0.15, 0.2) is 0 Å². The molecule has 1 unspecified atom stereocenters. The number of halogens is 2. The number of ether oxygens (including phenoxy) is 1. The van der Waals surface area contributed by atoms with Crippen LogP contribution in [0.4, 0.5) is 0 Å². The SMILES string of the molecule is O=C(O)[C@H]1C[C@H](NC2CCc3cc(OCc4c(Cl)cccc4Cl)ccc3C2)C1. The Morgan fingerprint density at radius 1 is 1.11 bits per heavy atom. The number of carbonyl (C=O) groups is 1. The molecule has 1 atom stereocenters. The molecule has 2 aliphatic carbocycles. The van der Waals surface area contributed by atoms with Gasteiger partial charge in [-0.1, -0.05) is 35.3 Å². The van der Waals surface area contributed by atoms with Crippen LogP contribution in [0.1, 0.15) is 36.0 Å². The van der Waals surface area contributed by atoms with Gasteiger partial charge in [-0.05, 0) is 67.5 Å². The molecule has 1 saturated carbocycles. The number of carboxylic acids is 1. The zero-order chi connectivity index (χ0) is 19.7. The average molecular weight is 420 g/mol. The first-order valence-electron chi connectivity index (χ1n) is 9.66. The standard InChI is InChI=1S/C22H23Cl2NO3/c23-20-2-1-3-21(24)19(20)12-28-18-7-5-13-8-16(6-4-14(13)11-18)25-17-9-15(10-17)22(26)27/h1-3,5,7,11,15-17,25H,4,6,8-10,12H2,(H,26,27)/t15-,16?,17-. The van der Waals surface area contributed by atoms with E-state index in [9.17, 15) is 4.79 Å². The Hall–Kier alpha value is -1.75. The van der Waals surface area contributed by atoms with E-state index in [1.165, 1.54) is 11.1 Å². The molecule has 0 amide bonds. The van der Waals surface area contributed by atoms with Crippen LogP contribution in [0.2, 0.25) is 10.0 Å². The maximum Gasteiger partial charge on any atom is 0.306 e. The molecule has 0 aromatic heterocycles. The van der Waals surface area contributed by atoms with E-state index >= 15 is 0 Å². The smallest absolute Gasteiger partial charge is 0.306 e. The van der Waals surface area contributed by atoms with Crippen LogP contribution in [0, 0.1) is 5.92 Å². The first kappa shape index (κ1) is 19.6. The third-order valence-corrected chi connectivity index (χ3v) is 6.52. The van der Waals surface area contributed by atoms with Gasteiger partial charge in [-0.15, -0.1) is 0 Å². The lowest BCUT2D eigenvalue weighted by molar-refractivity contribution is -0.145. The Balaban J connectivity index is 1.33. The van der Waals surface area contributed by atoms with E-state index in [0.717, 1.165) is 43.4 Å². The van der Waals surface area contributed by atoms with Gasteiger partial charge in [0.05, 0.1) is 5.92 Å². The summed E-state index contributed by atoms with van der Waals surface area (Å²) in [6, 6.07) is 12.4. The highest BCUT2D eigenvalue weighted by atomic mass is 35.5. The summed E-state index contributed by atoms with van der Waals surface area (Å²) in [5.41, 5.74) is 3.45. The first-order chi connectivity index (χ1) is 13.5. The molecule has 2 aromatic carbocycles. The zero-order valence-electron chi connectivity index (χ0n) is 15.5. The summed E-state index contributed by atoms with van der Waals surface area (Å²) < 4.78 is 5.93. The van der Waals surface area contributed by atoms with Crippen molar-refractivity contribution in [2.45, 2.75) is 50.8 Å². The van der Waals surface area contributed by atoms with Crippen molar-refractivity contribution < 1.29 is 14.6 Å². The van der Waals surface area contributed by atoms with Crippen LogP contribution < -0.4 is 10.1 Å². The largest absolute Gasteiger partial charge is 0.489 e. The summed E-state index contributed by atoms with van der Waals surface area (Å²) in [6.07, 6.45) is 4.51. The molecule has 1 fully saturated rings. The minimum Gasteiger partial charge on any atom is -0.489 e. The number of carboxylic acid groups (broad SMARTS) is 1. The number of fused-ring (bicyclic) bond motifs is 1. The number of aryl methyl sites for hydroxylation is 1. The van der Waals surface area contributed by atoms with E-state index in [-0.39, 0.29) is 5.92 Å². The molecule has 0 aliphatic heterocycles. The summed E-state index contributed by atoms with van der Waals surface area (Å²) in [7, 11) is 0. The third kappa shape index (κ3) is 4.29. The maximum atomic E-state index is 10.9. The number of benzene rings is 2. The lowest BCUT2D eigenvalue weighted by Crippen LogP contribution is -2.49. The molecule has 148 valence electrons. The van der Waals surface area contributed by atoms with Crippen LogP contribution in [0.15, 0.2) is 36.4 Å². The van der Waals surface area contributed by atoms with E-state index in [1.54, 1.807) is 0 Å². The van der Waals surface area contributed by atoms with E-state index in [1.807, 2.05) is 24.3 Å². The van der Waals surface area contributed by atoms with E-state index in [0.29, 0.717) is 28.7 Å². The van der Waals surface area contributed by atoms with Crippen molar-refractivity contribution in [1.29, 1.82) is 0 Å². The van der Waals surface area contributed by atoms with Gasteiger partial charge < -0.3 is 15.2 Å². The quantitative estimate of drug-likeness (QED) is 0.699. The van der Waals surface area contributed by atoms with Gasteiger partial charge in [-0.3, -0.25) is 4.79 Å². The Bertz CT molecular complexity index is 860. The van der Waals surface area contributed by atoms with Crippen LogP contribution in [0.5, 0.6) is 5.75 Å². The molecule has 2 N–H and O–H groups in total. The topological polar surface area (TPSA) is 58.6 Å². The molecule has 6 heteroatoms. The fourth-order valence-corrected chi connectivity index (χ4v) is 4.58. The molecular formula is C22H23Cl2NO3. The predicted molar refractivity (Wildman–Crippen MR) is 110 cm³/mol. The van der Waals surface area contributed by atoms with Gasteiger partial charge in [0.25, 0.3) is 0 Å². The monoisotopic (exact) mass is 419 g/mol. The van der Waals surface area contributed by atoms with Gasteiger partial charge in [0.2, 0.25) is 0 Å². The molecule has 4 nitrogen and oxygen atoms in total. The Kier molecular flexibility index (Phi) is 5.81. The van der Waals surface area contributed by atoms with Gasteiger partial charge in [-0.25, -0.2) is 0 Å². The van der Waals surface area contributed by atoms with Gasteiger partial charge >= 0.3 is 5.97 Å². The van der Waals surface area contributed by atoms with E-state index in [2.05, 4.69) is 17.4 Å². The number of aliphatic carboxylic acids is 1. The molecule has 28 heavy (non-hydrogen) atoms. The Morgan fingerprint density at radius 2 is 1.86 bits per heavy atom. The number of rotatable bonds is 6. The van der Waals surface area contributed by atoms with Crippen molar-refractivity contribution in [2.24, 2.45) is 5.92 Å². The third-order valence-electron chi connectivity index (χ3n) is 5.81. The highest BCUT2D eigenvalue weighted by Gasteiger charge is 2.35. The second-order valence-electron chi connectivity index (χ2n) is 7.73. The second-order valence-corrected chi connectivity index (χ2v) is 8.54. The molecule has 2 aliphatic rings. The number of hydrogen-bond donors (Lipinski definition) is 2. The Labute approximate surface area is 174 Å². The lowest BCUT2D eigenvalue weighted by atomic mass is 9.79. The van der Waals surface area contributed by atoms with Crippen LogP contribution in [-0.2, 0) is 24.2 Å². The summed E-state index contributed by atoms with van der Waals surface area (Å²) >= 11 is 12.4. The van der Waals surface area contributed by atoms with Crippen molar-refractivity contribution in [3.8, 4) is 5.75 Å². The number of nitrogens with one attached hydrogen (secondary N) is 1. The van der Waals surface area contributed by atoms with Crippen molar-refractivity contribution in [3.63, 3.8) is 0 Å². The molecule has 0 spiro atoms. The molecule has 4 rings (SSSR count). The van der Waals surface area contributed by atoms with Gasteiger partial charge in [0, 0.05) is 27.7 Å². The second kappa shape index (κ2) is 8.32. The van der Waals surface area contributed by atoms with Crippen molar-refractivity contribution in [3.05, 3.63) is 63.1 Å². The van der Waals surface area contributed by atoms with Crippen molar-refractivity contribution in [2.75, 3.05) is 0 Å². The fraction of sp³-hybridized carbons (Fsp3) is 0.409. The fourth-order valence-electron chi connectivity index (χ4n) is 4.08. The highest BCUT2D eigenvalue weighted by Crippen LogP contribution is 2.31. The van der Waals surface area contributed by atoms with Crippen molar-refractivity contribution >= 4 is 29.2 Å². The minimum atomic E-state index is -0.669. The van der Waals surface area contributed by atoms with Gasteiger partial charge in [-0.2, -0.15) is 0 Å². The molecule has 0 heterocycles. The van der Waals surface area contributed by atoms with Crippen LogP contribution in [0.25, 0.3) is 0 Å². The Morgan fingerprint density at radius 3 is 2.57 bits per heavy atom. The normalized spacial score (nSPS) is 23.6. The average Bonchev–Trinajstić information content (AvgIpc) is 2.63. The maximum absolute atomic E-state index is 10.9. The van der Waals surface area contributed by atoms with E-state index < -0.39 is 5.97 Å². The molecule has 2 aromatic rings. The summed E-state index contributed by atoms with van der Waals surface area (Å²) in [6.45, 7) is 0.341. The molecule has 0 saturated heterocycles. The molecule has 0 radical (unpaired) electrons. The van der Waals surface area contributed by atoms with Crippen LogP contribution >= 0.6 is 23.2 Å². The summed E-state index contributed by atoms with van der Waals surface area (Å²) in [4.78, 5) is 10.9. The number of hydrogen-bond acceptors (Lipinski definition) is 3. The minimum absolute atomic E-state index is 0.167. The molecular weight excluding hydrogens is 397 g/mol. The molecule has 0 bridgehead atoms. The summed E-state index contributed by atoms with van der Waals surface area (Å²) in [5.74, 6) is -0.0122. The lowest BCUT2D eigenvalue weighted by Gasteiger charge is -2.37. The highest BCUT2D eigenvalue weighted by molar-refractivity contribution is 6.35. The van der Waals surface area contributed by atoms with E-state index in [4.69, 9.17) is 33.0 Å². The zero-order valence-corrected chi connectivity index (χ0v) is 17.0. The first-order valence-corrected chi connectivity index (χ1v) is 10.4. The van der Waals surface area contributed by atoms with Gasteiger partial charge in [0.1, 0.15) is 12.4 Å². The van der Waals surface area contributed by atoms with Crippen LogP contribution in [0.3, 0.4) is 0 Å². The van der Waals surface area contributed by atoms with Crippen molar-refractivity contribution in [1.82, 2.24) is 5.32 Å². The predicted octanol–water partition coefficient (Wildman–Crippen LogP) is 4.88.